The van der Waals surface area contributed by atoms with E-state index in [2.05, 4.69) is 25.7 Å². The van der Waals surface area contributed by atoms with Gasteiger partial charge in [-0.05, 0) is 41.5 Å². The third-order valence-electron chi connectivity index (χ3n) is 5.15. The predicted octanol–water partition coefficient (Wildman–Crippen LogP) is 1.22. The normalized spacial score (nSPS) is 27.1. The zero-order valence-electron chi connectivity index (χ0n) is 14.5. The number of fused-ring (bicyclic) bond motifs is 1. The Morgan fingerprint density at radius 1 is 1.35 bits per heavy atom. The zero-order chi connectivity index (χ0) is 18.1. The number of halogens is 1. The van der Waals surface area contributed by atoms with E-state index in [1.54, 1.807) is 6.92 Å². The Morgan fingerprint density at radius 3 is 2.88 bits per heavy atom. The molecule has 0 unspecified atom stereocenters. The van der Waals surface area contributed by atoms with Crippen molar-refractivity contribution in [2.24, 2.45) is 0 Å². The first-order valence-corrected chi connectivity index (χ1v) is 9.12. The maximum Gasteiger partial charge on any atom is 0.244 e. The van der Waals surface area contributed by atoms with Gasteiger partial charge in [-0.25, -0.2) is 4.68 Å². The van der Waals surface area contributed by atoms with Crippen LogP contribution < -0.4 is 5.32 Å². The molecule has 1 aromatic carbocycles. The number of hydrogen-bond donors (Lipinski definition) is 1. The van der Waals surface area contributed by atoms with Crippen LogP contribution in [0.5, 0.6) is 0 Å². The Balaban J connectivity index is 1.34. The Hall–Kier alpha value is -2.03. The second-order valence-corrected chi connectivity index (χ2v) is 7.32. The summed E-state index contributed by atoms with van der Waals surface area (Å²) in [4.78, 5) is 14.8. The van der Waals surface area contributed by atoms with Gasteiger partial charge in [0.2, 0.25) is 5.91 Å². The van der Waals surface area contributed by atoms with Crippen LogP contribution in [-0.2, 0) is 9.53 Å². The number of hydrogen-bond acceptors (Lipinski definition) is 6. The van der Waals surface area contributed by atoms with Crippen LogP contribution in [0.25, 0.3) is 0 Å². The molecule has 4 atom stereocenters. The molecule has 138 valence electrons. The smallest absolute Gasteiger partial charge is 0.244 e. The van der Waals surface area contributed by atoms with Gasteiger partial charge in [0, 0.05) is 30.2 Å². The number of amides is 1. The SMILES string of the molecule is C[C@@H](C(=O)N[C@H]1C[C@H]2CO[C@@H](c3ccc(Cl)cc3)CN2C1)n1cnnn1. The van der Waals surface area contributed by atoms with Crippen LogP contribution in [0.2, 0.25) is 5.02 Å². The van der Waals surface area contributed by atoms with Crippen molar-refractivity contribution in [3.8, 4) is 0 Å². The summed E-state index contributed by atoms with van der Waals surface area (Å²) in [6.07, 6.45) is 2.38. The van der Waals surface area contributed by atoms with Crippen LogP contribution in [-0.4, -0.2) is 62.8 Å². The van der Waals surface area contributed by atoms with Crippen LogP contribution in [0.4, 0.5) is 0 Å². The molecule has 3 heterocycles. The highest BCUT2D eigenvalue weighted by Crippen LogP contribution is 2.31. The molecule has 2 aliphatic rings. The molecule has 0 aliphatic carbocycles. The number of carbonyl (C=O) groups excluding carboxylic acids is 1. The number of ether oxygens (including phenoxy) is 1. The van der Waals surface area contributed by atoms with E-state index in [0.717, 1.165) is 30.1 Å². The Bertz CT molecular complexity index is 753. The molecule has 2 aromatic rings. The lowest BCUT2D eigenvalue weighted by Crippen LogP contribution is -2.43. The first-order chi connectivity index (χ1) is 12.6. The maximum absolute atomic E-state index is 12.4. The van der Waals surface area contributed by atoms with Crippen molar-refractivity contribution in [3.05, 3.63) is 41.2 Å². The molecule has 1 amide bonds. The topological polar surface area (TPSA) is 85.2 Å². The van der Waals surface area contributed by atoms with Gasteiger partial charge in [-0.1, -0.05) is 23.7 Å². The lowest BCUT2D eigenvalue weighted by atomic mass is 10.1. The van der Waals surface area contributed by atoms with Crippen LogP contribution in [0.3, 0.4) is 0 Å². The van der Waals surface area contributed by atoms with Crippen molar-refractivity contribution in [1.82, 2.24) is 30.4 Å². The Labute approximate surface area is 156 Å². The first kappa shape index (κ1) is 17.4. The highest BCUT2D eigenvalue weighted by molar-refractivity contribution is 6.30. The van der Waals surface area contributed by atoms with Gasteiger partial charge < -0.3 is 10.1 Å². The lowest BCUT2D eigenvalue weighted by Gasteiger charge is -2.35. The summed E-state index contributed by atoms with van der Waals surface area (Å²) < 4.78 is 7.51. The monoisotopic (exact) mass is 376 g/mol. The van der Waals surface area contributed by atoms with Crippen molar-refractivity contribution < 1.29 is 9.53 Å². The van der Waals surface area contributed by atoms with Gasteiger partial charge in [-0.15, -0.1) is 5.10 Å². The fourth-order valence-corrected chi connectivity index (χ4v) is 3.77. The second kappa shape index (κ2) is 7.30. The van der Waals surface area contributed by atoms with E-state index in [4.69, 9.17) is 16.3 Å². The largest absolute Gasteiger partial charge is 0.371 e. The quantitative estimate of drug-likeness (QED) is 0.863. The molecule has 26 heavy (non-hydrogen) atoms. The molecule has 4 rings (SSSR count). The van der Waals surface area contributed by atoms with Crippen LogP contribution >= 0.6 is 11.6 Å². The van der Waals surface area contributed by atoms with E-state index >= 15 is 0 Å². The van der Waals surface area contributed by atoms with E-state index in [-0.39, 0.29) is 18.1 Å². The van der Waals surface area contributed by atoms with Gasteiger partial charge in [0.25, 0.3) is 0 Å². The van der Waals surface area contributed by atoms with E-state index in [9.17, 15) is 4.79 Å². The number of carbonyl (C=O) groups is 1. The molecule has 1 aromatic heterocycles. The minimum atomic E-state index is -0.430. The van der Waals surface area contributed by atoms with Gasteiger partial charge in [0.1, 0.15) is 12.4 Å². The van der Waals surface area contributed by atoms with Crippen molar-refractivity contribution in [2.45, 2.75) is 37.6 Å². The van der Waals surface area contributed by atoms with E-state index < -0.39 is 6.04 Å². The minimum absolute atomic E-state index is 0.0399. The molecule has 2 saturated heterocycles. The van der Waals surface area contributed by atoms with E-state index in [0.29, 0.717) is 12.6 Å². The average molecular weight is 377 g/mol. The molecule has 2 fully saturated rings. The zero-order valence-corrected chi connectivity index (χ0v) is 15.2. The number of nitrogens with one attached hydrogen (secondary N) is 1. The highest BCUT2D eigenvalue weighted by Gasteiger charge is 2.38. The number of tetrazole rings is 1. The summed E-state index contributed by atoms with van der Waals surface area (Å²) >= 11 is 5.96. The van der Waals surface area contributed by atoms with E-state index in [1.807, 2.05) is 24.3 Å². The number of morpholine rings is 1. The standard InChI is InChI=1S/C17H21ClN6O2/c1-11(24-10-19-21-22-24)17(25)20-14-6-15-9-26-16(8-23(15)7-14)12-2-4-13(18)5-3-12/h2-5,10-11,14-16H,6-9H2,1H3,(H,20,25)/t11-,14-,15-,16+/m0/s1. The number of benzene rings is 1. The third kappa shape index (κ3) is 3.58. The fourth-order valence-electron chi connectivity index (χ4n) is 3.65. The molecule has 0 bridgehead atoms. The van der Waals surface area contributed by atoms with Gasteiger partial charge in [-0.3, -0.25) is 9.69 Å². The van der Waals surface area contributed by atoms with Gasteiger partial charge >= 0.3 is 0 Å². The van der Waals surface area contributed by atoms with Crippen LogP contribution in [0.15, 0.2) is 30.6 Å². The average Bonchev–Trinajstić information content (AvgIpc) is 3.30. The molecule has 9 heteroatoms. The van der Waals surface area contributed by atoms with Crippen LogP contribution in [0, 0.1) is 0 Å². The van der Waals surface area contributed by atoms with Gasteiger partial charge in [-0.2, -0.15) is 0 Å². The molecule has 0 spiro atoms. The molecule has 2 aliphatic heterocycles. The van der Waals surface area contributed by atoms with Gasteiger partial charge in [0.05, 0.1) is 12.7 Å². The second-order valence-electron chi connectivity index (χ2n) is 6.89. The van der Waals surface area contributed by atoms with Gasteiger partial charge in [0.15, 0.2) is 0 Å². The predicted molar refractivity (Wildman–Crippen MR) is 94.6 cm³/mol. The third-order valence-corrected chi connectivity index (χ3v) is 5.40. The van der Waals surface area contributed by atoms with Crippen LogP contribution in [0.1, 0.15) is 31.1 Å². The molecule has 0 radical (unpaired) electrons. The Morgan fingerprint density at radius 2 is 2.15 bits per heavy atom. The van der Waals surface area contributed by atoms with Crippen molar-refractivity contribution in [2.75, 3.05) is 19.7 Å². The van der Waals surface area contributed by atoms with Crippen molar-refractivity contribution in [3.63, 3.8) is 0 Å². The molecular formula is C17H21ClN6O2. The number of rotatable bonds is 4. The van der Waals surface area contributed by atoms with Crippen molar-refractivity contribution >= 4 is 17.5 Å². The number of aromatic nitrogens is 4. The first-order valence-electron chi connectivity index (χ1n) is 8.74. The highest BCUT2D eigenvalue weighted by atomic mass is 35.5. The summed E-state index contributed by atoms with van der Waals surface area (Å²) in [5.74, 6) is -0.0719. The summed E-state index contributed by atoms with van der Waals surface area (Å²) in [6, 6.07) is 7.82. The Kier molecular flexibility index (Phi) is 4.88. The maximum atomic E-state index is 12.4. The summed E-state index contributed by atoms with van der Waals surface area (Å²) in [7, 11) is 0. The fraction of sp³-hybridized carbons (Fsp3) is 0.529. The summed E-state index contributed by atoms with van der Waals surface area (Å²) in [5, 5.41) is 14.8. The molecule has 0 saturated carbocycles. The summed E-state index contributed by atoms with van der Waals surface area (Å²) in [5.41, 5.74) is 1.13. The minimum Gasteiger partial charge on any atom is -0.371 e. The van der Waals surface area contributed by atoms with E-state index in [1.165, 1.54) is 11.0 Å². The van der Waals surface area contributed by atoms with Crippen molar-refractivity contribution in [1.29, 1.82) is 0 Å². The molecule has 1 N–H and O–H groups in total. The lowest BCUT2D eigenvalue weighted by molar-refractivity contribution is -0.124. The number of nitrogens with zero attached hydrogens (tertiary/aromatic N) is 5. The summed E-state index contributed by atoms with van der Waals surface area (Å²) in [6.45, 7) is 4.10. The molecular weight excluding hydrogens is 356 g/mol. The molecule has 8 nitrogen and oxygen atoms in total.